The van der Waals surface area contributed by atoms with Crippen LogP contribution >= 0.6 is 20.6 Å². The molecule has 2 aliphatic rings. The van der Waals surface area contributed by atoms with E-state index in [0.29, 0.717) is 0 Å². The van der Waals surface area contributed by atoms with Gasteiger partial charge in [-0.3, -0.25) is 0 Å². The number of rotatable bonds is 0. The third kappa shape index (κ3) is 2.45. The van der Waals surface area contributed by atoms with Crippen LogP contribution in [0.1, 0.15) is 11.1 Å². The van der Waals surface area contributed by atoms with Gasteiger partial charge in [-0.1, -0.05) is 48.0 Å². The van der Waals surface area contributed by atoms with E-state index in [-0.39, 0.29) is 9.03 Å². The SMILES string of the molecule is Clc1cccc2c3c(ccc12)OPOc1ccc2c(/c1=C/3)=CC=CC2. The van der Waals surface area contributed by atoms with E-state index in [9.17, 15) is 0 Å². The Balaban J connectivity index is 1.94. The predicted octanol–water partition coefficient (Wildman–Crippen LogP) is 4.49. The van der Waals surface area contributed by atoms with E-state index in [2.05, 4.69) is 36.4 Å². The van der Waals surface area contributed by atoms with Gasteiger partial charge in [0.2, 0.25) is 0 Å². The van der Waals surface area contributed by atoms with Crippen molar-refractivity contribution >= 4 is 43.6 Å². The van der Waals surface area contributed by atoms with Crippen molar-refractivity contribution in [2.75, 3.05) is 0 Å². The van der Waals surface area contributed by atoms with Gasteiger partial charge in [0.05, 0.1) is 0 Å². The van der Waals surface area contributed by atoms with Crippen molar-refractivity contribution in [3.05, 3.63) is 81.2 Å². The molecule has 1 aliphatic heterocycles. The van der Waals surface area contributed by atoms with Crippen LogP contribution in [0, 0.1) is 0 Å². The molecule has 0 aromatic heterocycles. The fourth-order valence-electron chi connectivity index (χ4n) is 3.45. The van der Waals surface area contributed by atoms with Crippen LogP contribution in [0.3, 0.4) is 0 Å². The van der Waals surface area contributed by atoms with Crippen LogP contribution in [0.25, 0.3) is 22.9 Å². The lowest BCUT2D eigenvalue weighted by Crippen LogP contribution is -2.31. The molecule has 0 N–H and O–H groups in total. The number of hydrogen-bond acceptors (Lipinski definition) is 2. The summed E-state index contributed by atoms with van der Waals surface area (Å²) in [7, 11) is -0.0790. The quantitative estimate of drug-likeness (QED) is 0.547. The van der Waals surface area contributed by atoms with Gasteiger partial charge in [0.1, 0.15) is 11.5 Å². The largest absolute Gasteiger partial charge is 0.440 e. The summed E-state index contributed by atoms with van der Waals surface area (Å²) in [5.41, 5.74) is 2.36. The number of hydrogen-bond donors (Lipinski definition) is 0. The summed E-state index contributed by atoms with van der Waals surface area (Å²) in [6.45, 7) is 0. The molecule has 0 spiro atoms. The first kappa shape index (κ1) is 15.0. The maximum Gasteiger partial charge on any atom is 0.275 e. The van der Waals surface area contributed by atoms with Gasteiger partial charge in [-0.05, 0) is 52.9 Å². The van der Waals surface area contributed by atoms with Crippen molar-refractivity contribution in [1.82, 2.24) is 0 Å². The van der Waals surface area contributed by atoms with Crippen molar-refractivity contribution in [2.24, 2.45) is 0 Å². The van der Waals surface area contributed by atoms with Crippen LogP contribution in [0.15, 0.2) is 54.6 Å². The Labute approximate surface area is 152 Å². The zero-order valence-corrected chi connectivity index (χ0v) is 15.0. The Morgan fingerprint density at radius 1 is 0.880 bits per heavy atom. The van der Waals surface area contributed by atoms with Crippen LogP contribution in [0.2, 0.25) is 5.02 Å². The molecule has 1 atom stereocenters. The zero-order valence-electron chi connectivity index (χ0n) is 13.3. The normalized spacial score (nSPS) is 16.9. The molecule has 0 amide bonds. The van der Waals surface area contributed by atoms with Crippen LogP contribution in [-0.4, -0.2) is 0 Å². The van der Waals surface area contributed by atoms with E-state index in [1.165, 1.54) is 10.8 Å². The summed E-state index contributed by atoms with van der Waals surface area (Å²) >= 11 is 6.40. The first-order chi connectivity index (χ1) is 12.3. The molecular weight excluding hydrogens is 351 g/mol. The molecule has 25 heavy (non-hydrogen) atoms. The molecule has 1 heterocycles. The molecule has 3 aromatic rings. The lowest BCUT2D eigenvalue weighted by atomic mass is 9.98. The van der Waals surface area contributed by atoms with Crippen molar-refractivity contribution in [2.45, 2.75) is 6.42 Å². The standard InChI is InChI=1S/C21H14ClO2P/c22-19-7-3-6-15-16(19)9-11-21-18(15)12-17-14-5-2-1-4-13(14)8-10-20(17)23-25-24-21/h1-3,5-12,25H,4H2/b17-12-. The molecule has 1 aliphatic carbocycles. The van der Waals surface area contributed by atoms with E-state index in [4.69, 9.17) is 20.6 Å². The summed E-state index contributed by atoms with van der Waals surface area (Å²) in [6.07, 6.45) is 9.55. The first-order valence-electron chi connectivity index (χ1n) is 8.12. The second kappa shape index (κ2) is 5.91. The first-order valence-corrected chi connectivity index (χ1v) is 9.31. The molecule has 2 nitrogen and oxygen atoms in total. The monoisotopic (exact) mass is 364 g/mol. The van der Waals surface area contributed by atoms with Crippen LogP contribution in [0.4, 0.5) is 0 Å². The highest BCUT2D eigenvalue weighted by Gasteiger charge is 2.14. The summed E-state index contributed by atoms with van der Waals surface area (Å²) in [5, 5.41) is 5.19. The molecule has 0 saturated heterocycles. The van der Waals surface area contributed by atoms with Crippen molar-refractivity contribution in [1.29, 1.82) is 0 Å². The fourth-order valence-corrected chi connectivity index (χ4v) is 4.26. The van der Waals surface area contributed by atoms with Gasteiger partial charge >= 0.3 is 0 Å². The molecule has 3 aromatic carbocycles. The smallest absolute Gasteiger partial charge is 0.275 e. The van der Waals surface area contributed by atoms with Crippen molar-refractivity contribution < 1.29 is 9.05 Å². The lowest BCUT2D eigenvalue weighted by molar-refractivity contribution is 0.510. The van der Waals surface area contributed by atoms with E-state index in [1.54, 1.807) is 0 Å². The highest BCUT2D eigenvalue weighted by atomic mass is 35.5. The van der Waals surface area contributed by atoms with Gasteiger partial charge in [0, 0.05) is 21.2 Å². The number of allylic oxidation sites excluding steroid dienone is 2. The van der Waals surface area contributed by atoms with Crippen LogP contribution in [0.5, 0.6) is 11.5 Å². The Hall–Kier alpha value is -2.28. The number of fused-ring (bicyclic) bond motifs is 6. The maximum atomic E-state index is 6.40. The second-order valence-electron chi connectivity index (χ2n) is 6.09. The molecule has 5 rings (SSSR count). The molecule has 0 bridgehead atoms. The highest BCUT2D eigenvalue weighted by molar-refractivity contribution is 7.27. The summed E-state index contributed by atoms with van der Waals surface area (Å²) in [4.78, 5) is 0. The van der Waals surface area contributed by atoms with Gasteiger partial charge in [0.25, 0.3) is 9.03 Å². The predicted molar refractivity (Wildman–Crippen MR) is 105 cm³/mol. The minimum atomic E-state index is -0.0790. The van der Waals surface area contributed by atoms with Crippen molar-refractivity contribution in [3.8, 4) is 11.5 Å². The highest BCUT2D eigenvalue weighted by Crippen LogP contribution is 2.36. The maximum absolute atomic E-state index is 6.40. The average Bonchev–Trinajstić information content (AvgIpc) is 2.62. The second-order valence-corrected chi connectivity index (χ2v) is 7.08. The summed E-state index contributed by atoms with van der Waals surface area (Å²) in [6, 6.07) is 14.1. The lowest BCUT2D eigenvalue weighted by Gasteiger charge is -2.17. The Bertz CT molecular complexity index is 1160. The zero-order chi connectivity index (χ0) is 16.8. The number of halogens is 1. The fraction of sp³-hybridized carbons (Fsp3) is 0.0476. The molecule has 4 heteroatoms. The molecule has 0 radical (unpaired) electrons. The number of benzene rings is 3. The third-order valence-electron chi connectivity index (χ3n) is 4.68. The van der Waals surface area contributed by atoms with E-state index in [1.807, 2.05) is 30.3 Å². The van der Waals surface area contributed by atoms with E-state index in [0.717, 1.165) is 44.5 Å². The van der Waals surface area contributed by atoms with Gasteiger partial charge in [-0.2, -0.15) is 0 Å². The van der Waals surface area contributed by atoms with Crippen LogP contribution in [-0.2, 0) is 6.42 Å². The summed E-state index contributed by atoms with van der Waals surface area (Å²) < 4.78 is 11.8. The van der Waals surface area contributed by atoms with Gasteiger partial charge in [-0.15, -0.1) is 0 Å². The van der Waals surface area contributed by atoms with E-state index < -0.39 is 0 Å². The van der Waals surface area contributed by atoms with Gasteiger partial charge < -0.3 is 9.05 Å². The topological polar surface area (TPSA) is 18.5 Å². The van der Waals surface area contributed by atoms with Crippen LogP contribution < -0.4 is 19.5 Å². The third-order valence-corrected chi connectivity index (χ3v) is 5.61. The average molecular weight is 365 g/mol. The Morgan fingerprint density at radius 2 is 1.76 bits per heavy atom. The Kier molecular flexibility index (Phi) is 3.55. The Morgan fingerprint density at radius 3 is 2.72 bits per heavy atom. The van der Waals surface area contributed by atoms with E-state index >= 15 is 0 Å². The molecule has 0 saturated carbocycles. The molecule has 1 unspecified atom stereocenters. The molecule has 0 fully saturated rings. The van der Waals surface area contributed by atoms with Gasteiger partial charge in [-0.25, -0.2) is 0 Å². The van der Waals surface area contributed by atoms with Crippen molar-refractivity contribution in [3.63, 3.8) is 0 Å². The summed E-state index contributed by atoms with van der Waals surface area (Å²) in [5.74, 6) is 1.68. The molecular formula is C21H14ClO2P. The minimum absolute atomic E-state index is 0.0790. The van der Waals surface area contributed by atoms with Gasteiger partial charge in [0.15, 0.2) is 0 Å². The molecule has 122 valence electrons. The minimum Gasteiger partial charge on any atom is -0.440 e.